The molecule has 2 aromatic carbocycles. The Morgan fingerprint density at radius 2 is 1.90 bits per heavy atom. The number of carboxylic acid groups (broad SMARTS) is 1. The highest BCUT2D eigenvalue weighted by atomic mass is 19.1. The molecule has 0 amide bonds. The van der Waals surface area contributed by atoms with Gasteiger partial charge in [-0.2, -0.15) is 0 Å². The molecule has 0 aliphatic rings. The molecule has 0 fully saturated rings. The van der Waals surface area contributed by atoms with Crippen molar-refractivity contribution in [1.82, 2.24) is 0 Å². The highest BCUT2D eigenvalue weighted by Gasteiger charge is 2.16. The SMILES string of the molecule is COc1cc(F)ccc1-c1cc(C(=O)O)c(O)cc1C. The minimum Gasteiger partial charge on any atom is -0.507 e. The average molecular weight is 276 g/mol. The second kappa shape index (κ2) is 5.21. The quantitative estimate of drug-likeness (QED) is 0.903. The molecule has 0 aromatic heterocycles. The Morgan fingerprint density at radius 1 is 1.20 bits per heavy atom. The second-order valence-corrected chi connectivity index (χ2v) is 4.33. The molecule has 0 radical (unpaired) electrons. The van der Waals surface area contributed by atoms with Crippen molar-refractivity contribution in [2.45, 2.75) is 6.92 Å². The first kappa shape index (κ1) is 13.9. The Balaban J connectivity index is 2.69. The van der Waals surface area contributed by atoms with Crippen LogP contribution in [0.2, 0.25) is 0 Å². The molecule has 0 saturated heterocycles. The Hall–Kier alpha value is -2.56. The van der Waals surface area contributed by atoms with Gasteiger partial charge >= 0.3 is 5.97 Å². The summed E-state index contributed by atoms with van der Waals surface area (Å²) in [6.07, 6.45) is 0. The van der Waals surface area contributed by atoms with Crippen LogP contribution in [0.3, 0.4) is 0 Å². The van der Waals surface area contributed by atoms with Crippen molar-refractivity contribution in [3.8, 4) is 22.6 Å². The van der Waals surface area contributed by atoms with Crippen LogP contribution in [-0.2, 0) is 0 Å². The fourth-order valence-electron chi connectivity index (χ4n) is 2.04. The number of hydrogen-bond acceptors (Lipinski definition) is 3. The van der Waals surface area contributed by atoms with E-state index >= 15 is 0 Å². The number of phenols is 1. The van der Waals surface area contributed by atoms with E-state index in [0.717, 1.165) is 0 Å². The molecular weight excluding hydrogens is 263 g/mol. The first-order valence-electron chi connectivity index (χ1n) is 5.85. The van der Waals surface area contributed by atoms with E-state index in [0.29, 0.717) is 22.4 Å². The minimum absolute atomic E-state index is 0.211. The number of ether oxygens (including phenoxy) is 1. The predicted molar refractivity (Wildman–Crippen MR) is 71.7 cm³/mol. The first-order chi connectivity index (χ1) is 9.43. The Bertz CT molecular complexity index is 680. The molecule has 0 aliphatic heterocycles. The van der Waals surface area contributed by atoms with Crippen LogP contribution in [0.5, 0.6) is 11.5 Å². The third-order valence-corrected chi connectivity index (χ3v) is 3.03. The zero-order chi connectivity index (χ0) is 14.9. The van der Waals surface area contributed by atoms with Gasteiger partial charge in [0.25, 0.3) is 0 Å². The minimum atomic E-state index is -1.23. The zero-order valence-corrected chi connectivity index (χ0v) is 11.0. The van der Waals surface area contributed by atoms with Crippen LogP contribution in [-0.4, -0.2) is 23.3 Å². The van der Waals surface area contributed by atoms with E-state index in [1.165, 1.54) is 37.4 Å². The average Bonchev–Trinajstić information content (AvgIpc) is 2.39. The lowest BCUT2D eigenvalue weighted by molar-refractivity contribution is 0.0694. The van der Waals surface area contributed by atoms with Gasteiger partial charge in [0, 0.05) is 11.6 Å². The van der Waals surface area contributed by atoms with Crippen LogP contribution in [0.4, 0.5) is 4.39 Å². The smallest absolute Gasteiger partial charge is 0.339 e. The molecule has 5 heteroatoms. The lowest BCUT2D eigenvalue weighted by Gasteiger charge is -2.13. The van der Waals surface area contributed by atoms with E-state index in [4.69, 9.17) is 9.84 Å². The summed E-state index contributed by atoms with van der Waals surface area (Å²) >= 11 is 0. The van der Waals surface area contributed by atoms with Gasteiger partial charge in [0.2, 0.25) is 0 Å². The van der Waals surface area contributed by atoms with Crippen molar-refractivity contribution in [3.63, 3.8) is 0 Å². The van der Waals surface area contributed by atoms with Crippen molar-refractivity contribution in [2.24, 2.45) is 0 Å². The summed E-state index contributed by atoms with van der Waals surface area (Å²) in [4.78, 5) is 11.1. The van der Waals surface area contributed by atoms with Crippen LogP contribution in [0.1, 0.15) is 15.9 Å². The van der Waals surface area contributed by atoms with Crippen molar-refractivity contribution in [1.29, 1.82) is 0 Å². The third kappa shape index (κ3) is 2.42. The summed E-state index contributed by atoms with van der Waals surface area (Å²) in [5.74, 6) is -1.68. The van der Waals surface area contributed by atoms with Crippen molar-refractivity contribution < 1.29 is 24.1 Å². The number of methoxy groups -OCH3 is 1. The molecule has 0 bridgehead atoms. The van der Waals surface area contributed by atoms with Gasteiger partial charge in [-0.25, -0.2) is 9.18 Å². The summed E-state index contributed by atoms with van der Waals surface area (Å²) in [5, 5.41) is 18.7. The van der Waals surface area contributed by atoms with Gasteiger partial charge in [-0.1, -0.05) is 0 Å². The topological polar surface area (TPSA) is 66.8 Å². The largest absolute Gasteiger partial charge is 0.507 e. The monoisotopic (exact) mass is 276 g/mol. The van der Waals surface area contributed by atoms with Gasteiger partial charge in [0.05, 0.1) is 7.11 Å². The van der Waals surface area contributed by atoms with Crippen LogP contribution in [0, 0.1) is 12.7 Å². The number of carboxylic acids is 1. The molecule has 0 heterocycles. The van der Waals surface area contributed by atoms with E-state index in [9.17, 15) is 14.3 Å². The zero-order valence-electron chi connectivity index (χ0n) is 11.0. The van der Waals surface area contributed by atoms with Crippen molar-refractivity contribution in [2.75, 3.05) is 7.11 Å². The predicted octanol–water partition coefficient (Wildman–Crippen LogP) is 3.21. The van der Waals surface area contributed by atoms with Gasteiger partial charge in [0.1, 0.15) is 22.9 Å². The molecular formula is C15H13FO4. The highest BCUT2D eigenvalue weighted by molar-refractivity contribution is 5.93. The fourth-order valence-corrected chi connectivity index (χ4v) is 2.04. The fraction of sp³-hybridized carbons (Fsp3) is 0.133. The molecule has 0 aliphatic carbocycles. The number of hydrogen-bond donors (Lipinski definition) is 2. The molecule has 0 atom stereocenters. The summed E-state index contributed by atoms with van der Waals surface area (Å²) in [6.45, 7) is 1.73. The Morgan fingerprint density at radius 3 is 2.50 bits per heavy atom. The molecule has 104 valence electrons. The standard InChI is InChI=1S/C15H13FO4/c1-8-5-13(17)12(15(18)19)7-11(8)10-4-3-9(16)6-14(10)20-2/h3-7,17H,1-2H3,(H,18,19). The molecule has 0 saturated carbocycles. The second-order valence-electron chi connectivity index (χ2n) is 4.33. The van der Waals surface area contributed by atoms with Gasteiger partial charge in [-0.15, -0.1) is 0 Å². The van der Waals surface area contributed by atoms with Crippen LogP contribution in [0.15, 0.2) is 30.3 Å². The third-order valence-electron chi connectivity index (χ3n) is 3.03. The van der Waals surface area contributed by atoms with E-state index in [2.05, 4.69) is 0 Å². The van der Waals surface area contributed by atoms with E-state index < -0.39 is 11.8 Å². The summed E-state index contributed by atoms with van der Waals surface area (Å²) < 4.78 is 18.3. The number of benzene rings is 2. The Labute approximate surface area is 115 Å². The van der Waals surface area contributed by atoms with E-state index in [1.54, 1.807) is 6.92 Å². The lowest BCUT2D eigenvalue weighted by Crippen LogP contribution is -1.99. The highest BCUT2D eigenvalue weighted by Crippen LogP contribution is 2.35. The van der Waals surface area contributed by atoms with Gasteiger partial charge in [-0.3, -0.25) is 0 Å². The molecule has 20 heavy (non-hydrogen) atoms. The van der Waals surface area contributed by atoms with E-state index in [-0.39, 0.29) is 11.3 Å². The van der Waals surface area contributed by atoms with Gasteiger partial charge in [0.15, 0.2) is 0 Å². The number of rotatable bonds is 3. The maximum atomic E-state index is 13.2. The van der Waals surface area contributed by atoms with Crippen LogP contribution >= 0.6 is 0 Å². The maximum Gasteiger partial charge on any atom is 0.339 e. The molecule has 0 spiro atoms. The molecule has 2 rings (SSSR count). The molecule has 4 nitrogen and oxygen atoms in total. The molecule has 2 aromatic rings. The van der Waals surface area contributed by atoms with Gasteiger partial charge in [-0.05, 0) is 42.3 Å². The summed E-state index contributed by atoms with van der Waals surface area (Å²) in [6, 6.07) is 6.72. The summed E-state index contributed by atoms with van der Waals surface area (Å²) in [7, 11) is 1.41. The van der Waals surface area contributed by atoms with Crippen LogP contribution < -0.4 is 4.74 Å². The van der Waals surface area contributed by atoms with Gasteiger partial charge < -0.3 is 14.9 Å². The normalized spacial score (nSPS) is 10.3. The number of aromatic hydroxyl groups is 1. The number of carbonyl (C=O) groups is 1. The first-order valence-corrected chi connectivity index (χ1v) is 5.85. The molecule has 0 unspecified atom stereocenters. The summed E-state index contributed by atoms with van der Waals surface area (Å²) in [5.41, 5.74) is 1.58. The van der Waals surface area contributed by atoms with Crippen molar-refractivity contribution in [3.05, 3.63) is 47.3 Å². The maximum absolute atomic E-state index is 13.2. The van der Waals surface area contributed by atoms with E-state index in [1.807, 2.05) is 0 Å². The number of aryl methyl sites for hydroxylation is 1. The number of halogens is 1. The van der Waals surface area contributed by atoms with Crippen LogP contribution in [0.25, 0.3) is 11.1 Å². The lowest BCUT2D eigenvalue weighted by atomic mass is 9.96. The Kier molecular flexibility index (Phi) is 3.61. The van der Waals surface area contributed by atoms with Crippen molar-refractivity contribution >= 4 is 5.97 Å². The molecule has 2 N–H and O–H groups in total. The number of aromatic carboxylic acids is 1.